The molecule has 2 aliphatic heterocycles. The highest BCUT2D eigenvalue weighted by molar-refractivity contribution is 5.77. The van der Waals surface area contributed by atoms with Gasteiger partial charge in [0.25, 0.3) is 0 Å². The number of aliphatic carboxylic acids is 1. The van der Waals surface area contributed by atoms with E-state index in [1.165, 1.54) is 19.3 Å². The fourth-order valence-corrected chi connectivity index (χ4v) is 3.43. The van der Waals surface area contributed by atoms with Gasteiger partial charge in [-0.15, -0.1) is 0 Å². The summed E-state index contributed by atoms with van der Waals surface area (Å²) in [7, 11) is 2.19. The first-order valence-corrected chi connectivity index (χ1v) is 7.29. The smallest absolute Gasteiger partial charge is 0.303 e. The summed E-state index contributed by atoms with van der Waals surface area (Å²) in [5.41, 5.74) is 0. The lowest BCUT2D eigenvalue weighted by atomic mass is 9.82. The van der Waals surface area contributed by atoms with E-state index in [1.807, 2.05) is 0 Å². The van der Waals surface area contributed by atoms with Crippen LogP contribution in [-0.4, -0.2) is 47.1 Å². The molecule has 0 spiro atoms. The van der Waals surface area contributed by atoms with Crippen molar-refractivity contribution in [2.75, 3.05) is 7.05 Å². The molecule has 0 aromatic heterocycles. The number of carboxylic acids is 1. The number of rotatable bonds is 5. The molecule has 108 valence electrons. The third-order valence-corrected chi connectivity index (χ3v) is 4.50. The van der Waals surface area contributed by atoms with Crippen molar-refractivity contribution in [3.8, 4) is 0 Å². The number of hydrogen-bond donors (Lipinski definition) is 2. The van der Waals surface area contributed by atoms with E-state index >= 15 is 0 Å². The van der Waals surface area contributed by atoms with Crippen LogP contribution in [0.25, 0.3) is 0 Å². The topological polar surface area (TPSA) is 69.6 Å². The standard InChI is InChI=1S/C14H24N2O3/c1-16-11-4-2-5-12(16)9-10(8-11)15-13(17)6-3-7-14(18)19/h10-12H,2-9H2,1H3,(H,15,17)(H,18,19). The zero-order valence-electron chi connectivity index (χ0n) is 11.6. The summed E-state index contributed by atoms with van der Waals surface area (Å²) in [6, 6.07) is 1.50. The first kappa shape index (κ1) is 14.3. The van der Waals surface area contributed by atoms with Crippen LogP contribution >= 0.6 is 0 Å². The molecular weight excluding hydrogens is 244 g/mol. The van der Waals surface area contributed by atoms with Crippen molar-refractivity contribution in [3.05, 3.63) is 0 Å². The van der Waals surface area contributed by atoms with Crippen LogP contribution in [0.15, 0.2) is 0 Å². The monoisotopic (exact) mass is 268 g/mol. The average molecular weight is 268 g/mol. The van der Waals surface area contributed by atoms with Crippen LogP contribution in [0, 0.1) is 0 Å². The minimum Gasteiger partial charge on any atom is -0.481 e. The van der Waals surface area contributed by atoms with Gasteiger partial charge in [0.05, 0.1) is 0 Å². The predicted molar refractivity (Wildman–Crippen MR) is 71.8 cm³/mol. The maximum absolute atomic E-state index is 11.8. The number of nitrogens with zero attached hydrogens (tertiary/aromatic N) is 1. The number of carbonyl (C=O) groups excluding carboxylic acids is 1. The summed E-state index contributed by atoms with van der Waals surface area (Å²) in [6.45, 7) is 0. The van der Waals surface area contributed by atoms with Crippen LogP contribution in [0.2, 0.25) is 0 Å². The molecule has 2 N–H and O–H groups in total. The quantitative estimate of drug-likeness (QED) is 0.790. The molecule has 5 nitrogen and oxygen atoms in total. The molecule has 2 fully saturated rings. The Bertz CT molecular complexity index is 332. The van der Waals surface area contributed by atoms with E-state index in [0.717, 1.165) is 12.8 Å². The van der Waals surface area contributed by atoms with Crippen molar-refractivity contribution >= 4 is 11.9 Å². The number of carboxylic acid groups (broad SMARTS) is 1. The summed E-state index contributed by atoms with van der Waals surface area (Å²) >= 11 is 0. The van der Waals surface area contributed by atoms with Crippen LogP contribution in [-0.2, 0) is 9.59 Å². The number of nitrogens with one attached hydrogen (secondary N) is 1. The van der Waals surface area contributed by atoms with Gasteiger partial charge < -0.3 is 15.3 Å². The van der Waals surface area contributed by atoms with Crippen LogP contribution < -0.4 is 5.32 Å². The minimum atomic E-state index is -0.832. The number of amides is 1. The lowest BCUT2D eigenvalue weighted by molar-refractivity contribution is -0.137. The Balaban J connectivity index is 1.74. The van der Waals surface area contributed by atoms with Gasteiger partial charge in [0.15, 0.2) is 0 Å². The van der Waals surface area contributed by atoms with Crippen LogP contribution in [0.5, 0.6) is 0 Å². The van der Waals surface area contributed by atoms with E-state index in [0.29, 0.717) is 24.9 Å². The highest BCUT2D eigenvalue weighted by Gasteiger charge is 2.36. The van der Waals surface area contributed by atoms with Crippen molar-refractivity contribution in [2.24, 2.45) is 0 Å². The lowest BCUT2D eigenvalue weighted by Gasteiger charge is -2.47. The Kier molecular flexibility index (Phi) is 4.80. The Morgan fingerprint density at radius 1 is 1.21 bits per heavy atom. The second-order valence-corrected chi connectivity index (χ2v) is 5.89. The maximum atomic E-state index is 11.8. The third-order valence-electron chi connectivity index (χ3n) is 4.50. The first-order valence-electron chi connectivity index (χ1n) is 7.29. The number of piperidine rings is 2. The van der Waals surface area contributed by atoms with Gasteiger partial charge >= 0.3 is 5.97 Å². The third kappa shape index (κ3) is 3.93. The Labute approximate surface area is 114 Å². The summed E-state index contributed by atoms with van der Waals surface area (Å²) in [4.78, 5) is 24.6. The maximum Gasteiger partial charge on any atom is 0.303 e. The fraction of sp³-hybridized carbons (Fsp3) is 0.857. The predicted octanol–water partition coefficient (Wildman–Crippen LogP) is 1.37. The molecule has 0 radical (unpaired) electrons. The first-order chi connectivity index (χ1) is 9.06. The highest BCUT2D eigenvalue weighted by atomic mass is 16.4. The Morgan fingerprint density at radius 2 is 1.84 bits per heavy atom. The second-order valence-electron chi connectivity index (χ2n) is 5.89. The summed E-state index contributed by atoms with van der Waals surface area (Å²) in [5, 5.41) is 11.6. The summed E-state index contributed by atoms with van der Waals surface area (Å²) in [5.74, 6) is -0.824. The largest absolute Gasteiger partial charge is 0.481 e. The number of fused-ring (bicyclic) bond motifs is 2. The van der Waals surface area contributed by atoms with Gasteiger partial charge in [0, 0.05) is 31.0 Å². The van der Waals surface area contributed by atoms with Crippen molar-refractivity contribution in [2.45, 2.75) is 69.5 Å². The second kappa shape index (κ2) is 6.37. The fourth-order valence-electron chi connectivity index (χ4n) is 3.43. The summed E-state index contributed by atoms with van der Waals surface area (Å²) in [6.07, 6.45) is 6.69. The molecule has 0 saturated carbocycles. The molecular formula is C14H24N2O3. The Hall–Kier alpha value is -1.10. The molecule has 0 aromatic carbocycles. The normalized spacial score (nSPS) is 30.9. The molecule has 2 aliphatic rings. The van der Waals surface area contributed by atoms with Gasteiger partial charge in [0.1, 0.15) is 0 Å². The minimum absolute atomic E-state index is 0.00822. The molecule has 0 aliphatic carbocycles. The molecule has 19 heavy (non-hydrogen) atoms. The number of carbonyl (C=O) groups is 2. The lowest BCUT2D eigenvalue weighted by Crippen LogP contribution is -2.55. The summed E-state index contributed by atoms with van der Waals surface area (Å²) < 4.78 is 0. The zero-order chi connectivity index (χ0) is 13.8. The molecule has 1 amide bonds. The van der Waals surface area contributed by atoms with Gasteiger partial charge in [-0.25, -0.2) is 0 Å². The van der Waals surface area contributed by atoms with Gasteiger partial charge in [-0.1, -0.05) is 6.42 Å². The van der Waals surface area contributed by atoms with Gasteiger partial charge in [-0.05, 0) is 39.2 Å². The van der Waals surface area contributed by atoms with E-state index in [-0.39, 0.29) is 18.4 Å². The highest BCUT2D eigenvalue weighted by Crippen LogP contribution is 2.32. The van der Waals surface area contributed by atoms with E-state index in [2.05, 4.69) is 17.3 Å². The SMILES string of the molecule is CN1C2CCCC1CC(NC(=O)CCCC(=O)O)C2. The van der Waals surface area contributed by atoms with Gasteiger partial charge in [-0.2, -0.15) is 0 Å². The van der Waals surface area contributed by atoms with Gasteiger partial charge in [0.2, 0.25) is 5.91 Å². The van der Waals surface area contributed by atoms with Crippen molar-refractivity contribution < 1.29 is 14.7 Å². The van der Waals surface area contributed by atoms with Crippen molar-refractivity contribution in [1.29, 1.82) is 0 Å². The molecule has 5 heteroatoms. The molecule has 2 unspecified atom stereocenters. The van der Waals surface area contributed by atoms with E-state index in [9.17, 15) is 9.59 Å². The van der Waals surface area contributed by atoms with E-state index in [4.69, 9.17) is 5.11 Å². The molecule has 0 aromatic rings. The zero-order valence-corrected chi connectivity index (χ0v) is 11.6. The number of hydrogen-bond acceptors (Lipinski definition) is 3. The molecule has 2 rings (SSSR count). The van der Waals surface area contributed by atoms with Crippen LogP contribution in [0.1, 0.15) is 51.4 Å². The van der Waals surface area contributed by atoms with E-state index in [1.54, 1.807) is 0 Å². The molecule has 2 heterocycles. The average Bonchev–Trinajstić information content (AvgIpc) is 2.30. The Morgan fingerprint density at radius 3 is 2.42 bits per heavy atom. The van der Waals surface area contributed by atoms with Crippen LogP contribution in [0.4, 0.5) is 0 Å². The van der Waals surface area contributed by atoms with Gasteiger partial charge in [-0.3, -0.25) is 9.59 Å². The van der Waals surface area contributed by atoms with E-state index < -0.39 is 5.97 Å². The molecule has 2 atom stereocenters. The van der Waals surface area contributed by atoms with Crippen molar-refractivity contribution in [1.82, 2.24) is 10.2 Å². The molecule has 2 saturated heterocycles. The van der Waals surface area contributed by atoms with Crippen LogP contribution in [0.3, 0.4) is 0 Å². The van der Waals surface area contributed by atoms with Crippen molar-refractivity contribution in [3.63, 3.8) is 0 Å². The molecule has 2 bridgehead atoms.